The van der Waals surface area contributed by atoms with Gasteiger partial charge in [0.2, 0.25) is 11.8 Å². The maximum absolute atomic E-state index is 13.3. The summed E-state index contributed by atoms with van der Waals surface area (Å²) in [5.41, 5.74) is 3.92. The number of thioether (sulfide) groups is 2. The Morgan fingerprint density at radius 3 is 1.41 bits per heavy atom. The molecule has 0 bridgehead atoms. The Balaban J connectivity index is 1.18. The van der Waals surface area contributed by atoms with Gasteiger partial charge in [-0.1, -0.05) is 111 Å². The Kier molecular flexibility index (Phi) is 13.8. The molecule has 2 saturated heterocycles. The lowest BCUT2D eigenvalue weighted by molar-refractivity contribution is -0.124. The molecule has 2 aliphatic heterocycles. The van der Waals surface area contributed by atoms with Crippen molar-refractivity contribution in [1.29, 1.82) is 0 Å². The number of hydrogen-bond acceptors (Lipinski definition) is 8. The molecule has 4 amide bonds. The topological polar surface area (TPSA) is 98.8 Å². The monoisotopic (exact) mass is 696 g/mol. The number of carbonyl (C=O) groups excluding carboxylic acids is 4. The summed E-state index contributed by atoms with van der Waals surface area (Å²) in [5.74, 6) is -0.569. The molecule has 2 heterocycles. The smallest absolute Gasteiger partial charge is 0.267 e. The molecular formula is C34H40N4O4S4. The third kappa shape index (κ3) is 9.49. The maximum atomic E-state index is 13.3. The highest BCUT2D eigenvalue weighted by atomic mass is 32.2. The highest BCUT2D eigenvalue weighted by Crippen LogP contribution is 2.42. The van der Waals surface area contributed by atoms with Gasteiger partial charge < -0.3 is 10.6 Å². The van der Waals surface area contributed by atoms with Crippen molar-refractivity contribution in [3.8, 4) is 0 Å². The van der Waals surface area contributed by atoms with Crippen LogP contribution < -0.4 is 10.6 Å². The Morgan fingerprint density at radius 1 is 0.630 bits per heavy atom. The second-order valence-corrected chi connectivity index (χ2v) is 14.3. The van der Waals surface area contributed by atoms with Crippen molar-refractivity contribution in [3.63, 3.8) is 0 Å². The number of hydrogen-bond donors (Lipinski definition) is 2. The minimum Gasteiger partial charge on any atom is -0.326 e. The lowest BCUT2D eigenvalue weighted by Gasteiger charge is -2.15. The van der Waals surface area contributed by atoms with E-state index in [4.69, 9.17) is 24.4 Å². The summed E-state index contributed by atoms with van der Waals surface area (Å²) < 4.78 is 0.859. The number of thiocarbonyl (C=S) groups is 2. The molecule has 2 aromatic carbocycles. The van der Waals surface area contributed by atoms with Gasteiger partial charge in [-0.05, 0) is 61.8 Å². The molecule has 0 aliphatic carbocycles. The SMILES string of the molecule is CCc1ccccc1NC(=O)CCCCCN1C(=O)/C(=C2\SC(=S)N(CCCCCC(=O)Nc3ccccc3CC)C2=O)SC1=S. The molecule has 0 saturated carbocycles. The number of carbonyl (C=O) groups is 4. The quantitative estimate of drug-likeness (QED) is 0.106. The average Bonchev–Trinajstić information content (AvgIpc) is 3.49. The van der Waals surface area contributed by atoms with Crippen molar-refractivity contribution in [3.05, 3.63) is 69.5 Å². The fourth-order valence-corrected chi connectivity index (χ4v) is 8.02. The summed E-state index contributed by atoms with van der Waals surface area (Å²) in [5, 5.41) is 5.98. The number of anilines is 2. The van der Waals surface area contributed by atoms with E-state index in [1.165, 1.54) is 0 Å². The first-order chi connectivity index (χ1) is 22.2. The molecule has 4 rings (SSSR count). The van der Waals surface area contributed by atoms with Crippen molar-refractivity contribution >= 4 is 91.6 Å². The van der Waals surface area contributed by atoms with Gasteiger partial charge in [-0.15, -0.1) is 0 Å². The standard InChI is InChI=1S/C34H40N4O4S4/c1-3-23-15-9-11-17-25(23)35-27(39)19-7-5-13-21-37-31(41)29(45-33(37)43)30-32(42)38(34(44)46-30)22-14-6-8-20-28(40)36-26-18-12-10-16-24(26)4-2/h9-12,15-18H,3-8,13-14,19-22H2,1-2H3,(H,35,39)(H,36,40)/b30-29+. The molecule has 46 heavy (non-hydrogen) atoms. The molecule has 2 N–H and O–H groups in total. The molecule has 2 fully saturated rings. The molecule has 2 aliphatic rings. The van der Waals surface area contributed by atoms with Crippen LogP contribution in [0, 0.1) is 0 Å². The molecule has 0 radical (unpaired) electrons. The molecule has 8 nitrogen and oxygen atoms in total. The summed E-state index contributed by atoms with van der Waals surface area (Å²) in [7, 11) is 0. The Hall–Kier alpha value is -3.06. The largest absolute Gasteiger partial charge is 0.326 e. The first-order valence-electron chi connectivity index (χ1n) is 15.8. The summed E-state index contributed by atoms with van der Waals surface area (Å²) >= 11 is 13.3. The zero-order valence-electron chi connectivity index (χ0n) is 26.3. The van der Waals surface area contributed by atoms with Crippen LogP contribution in [0.25, 0.3) is 0 Å². The van der Waals surface area contributed by atoms with E-state index in [-0.39, 0.29) is 23.6 Å². The van der Waals surface area contributed by atoms with Crippen molar-refractivity contribution in [1.82, 2.24) is 9.80 Å². The van der Waals surface area contributed by atoms with Crippen LogP contribution in [0.2, 0.25) is 0 Å². The van der Waals surface area contributed by atoms with E-state index in [0.29, 0.717) is 70.1 Å². The molecule has 12 heteroatoms. The fourth-order valence-electron chi connectivity index (χ4n) is 5.25. The molecule has 0 unspecified atom stereocenters. The number of benzene rings is 2. The van der Waals surface area contributed by atoms with Gasteiger partial charge in [-0.25, -0.2) is 0 Å². The summed E-state index contributed by atoms with van der Waals surface area (Å²) in [6.07, 6.45) is 6.83. The average molecular weight is 697 g/mol. The van der Waals surface area contributed by atoms with Gasteiger partial charge in [0.25, 0.3) is 11.8 Å². The predicted octanol–water partition coefficient (Wildman–Crippen LogP) is 7.44. The van der Waals surface area contributed by atoms with Crippen LogP contribution in [-0.4, -0.2) is 55.2 Å². The number of nitrogens with one attached hydrogen (secondary N) is 2. The van der Waals surface area contributed by atoms with Gasteiger partial charge >= 0.3 is 0 Å². The van der Waals surface area contributed by atoms with Crippen LogP contribution in [0.3, 0.4) is 0 Å². The van der Waals surface area contributed by atoms with Gasteiger partial charge in [-0.3, -0.25) is 29.0 Å². The van der Waals surface area contributed by atoms with Crippen molar-refractivity contribution in [2.45, 2.75) is 78.1 Å². The predicted molar refractivity (Wildman–Crippen MR) is 197 cm³/mol. The third-order valence-electron chi connectivity index (χ3n) is 7.82. The zero-order chi connectivity index (χ0) is 33.1. The molecule has 0 aromatic heterocycles. The molecule has 244 valence electrons. The Bertz CT molecular complexity index is 1410. The van der Waals surface area contributed by atoms with Gasteiger partial charge in [0, 0.05) is 37.3 Å². The van der Waals surface area contributed by atoms with E-state index in [9.17, 15) is 19.2 Å². The summed E-state index contributed by atoms with van der Waals surface area (Å²) in [6.45, 7) is 4.99. The fraction of sp³-hybridized carbons (Fsp3) is 0.412. The van der Waals surface area contributed by atoms with Crippen LogP contribution in [0.5, 0.6) is 0 Å². The van der Waals surface area contributed by atoms with Gasteiger partial charge in [0.1, 0.15) is 8.64 Å². The van der Waals surface area contributed by atoms with Crippen molar-refractivity contribution in [2.24, 2.45) is 0 Å². The second kappa shape index (κ2) is 17.7. The van der Waals surface area contributed by atoms with Crippen LogP contribution in [0.15, 0.2) is 58.3 Å². The van der Waals surface area contributed by atoms with Gasteiger partial charge in [0.05, 0.1) is 9.81 Å². The van der Waals surface area contributed by atoms with Gasteiger partial charge in [-0.2, -0.15) is 0 Å². The van der Waals surface area contributed by atoms with Crippen LogP contribution in [0.4, 0.5) is 11.4 Å². The number of nitrogens with zero attached hydrogens (tertiary/aromatic N) is 2. The minimum absolute atomic E-state index is 0.0207. The lowest BCUT2D eigenvalue weighted by Crippen LogP contribution is -2.31. The van der Waals surface area contributed by atoms with E-state index in [1.54, 1.807) is 9.80 Å². The maximum Gasteiger partial charge on any atom is 0.267 e. The number of amides is 4. The normalized spacial score (nSPS) is 16.5. The highest BCUT2D eigenvalue weighted by Gasteiger charge is 2.41. The first kappa shape index (κ1) is 35.8. The van der Waals surface area contributed by atoms with Crippen LogP contribution >= 0.6 is 48.0 Å². The second-order valence-electron chi connectivity index (χ2n) is 11.0. The molecule has 0 atom stereocenters. The van der Waals surface area contributed by atoms with Crippen molar-refractivity contribution < 1.29 is 19.2 Å². The minimum atomic E-state index is -0.264. The van der Waals surface area contributed by atoms with E-state index in [0.717, 1.165) is 71.7 Å². The summed E-state index contributed by atoms with van der Waals surface area (Å²) in [4.78, 5) is 55.1. The highest BCUT2D eigenvalue weighted by molar-refractivity contribution is 8.29. The number of para-hydroxylation sites is 2. The first-order valence-corrected chi connectivity index (χ1v) is 18.3. The van der Waals surface area contributed by atoms with Crippen molar-refractivity contribution in [2.75, 3.05) is 23.7 Å². The number of rotatable bonds is 16. The molecule has 2 aromatic rings. The van der Waals surface area contributed by atoms with Crippen LogP contribution in [-0.2, 0) is 32.0 Å². The number of aryl methyl sites for hydroxylation is 2. The zero-order valence-corrected chi connectivity index (χ0v) is 29.5. The van der Waals surface area contributed by atoms with E-state index in [1.807, 2.05) is 48.5 Å². The summed E-state index contributed by atoms with van der Waals surface area (Å²) in [6, 6.07) is 15.6. The lowest BCUT2D eigenvalue weighted by atomic mass is 10.1. The third-order valence-corrected chi connectivity index (χ3v) is 10.8. The van der Waals surface area contributed by atoms with E-state index in [2.05, 4.69) is 24.5 Å². The van der Waals surface area contributed by atoms with E-state index < -0.39 is 0 Å². The molecular weight excluding hydrogens is 657 g/mol. The van der Waals surface area contributed by atoms with Gasteiger partial charge in [0.15, 0.2) is 0 Å². The molecule has 0 spiro atoms. The Labute approximate surface area is 290 Å². The van der Waals surface area contributed by atoms with Crippen LogP contribution in [0.1, 0.15) is 76.3 Å². The van der Waals surface area contributed by atoms with E-state index >= 15 is 0 Å². The number of unbranched alkanes of at least 4 members (excludes halogenated alkanes) is 4. The Morgan fingerprint density at radius 2 is 1.02 bits per heavy atom.